The first-order valence-corrected chi connectivity index (χ1v) is 6.56. The summed E-state index contributed by atoms with van der Waals surface area (Å²) in [5.41, 5.74) is 0.433. The topological polar surface area (TPSA) is 50.1 Å². The van der Waals surface area contributed by atoms with Gasteiger partial charge in [0.2, 0.25) is 0 Å². The van der Waals surface area contributed by atoms with Gasteiger partial charge in [-0.15, -0.1) is 0 Å². The number of nitrogens with one attached hydrogen (secondary N) is 1. The minimum Gasteiger partial charge on any atom is -0.389 e. The monoisotopic (exact) mass is 237 g/mol. The van der Waals surface area contributed by atoms with E-state index in [1.54, 1.807) is 0 Å². The SMILES string of the molecule is CC(C)n1ccc(CC2(O)CCCNCC2)n1. The fourth-order valence-electron chi connectivity index (χ4n) is 2.39. The van der Waals surface area contributed by atoms with Crippen molar-refractivity contribution in [2.75, 3.05) is 13.1 Å². The van der Waals surface area contributed by atoms with Gasteiger partial charge in [0.1, 0.15) is 0 Å². The molecule has 2 rings (SSSR count). The highest BCUT2D eigenvalue weighted by atomic mass is 16.3. The molecule has 1 unspecified atom stereocenters. The molecule has 1 saturated heterocycles. The molecule has 1 aliphatic rings. The molecular weight excluding hydrogens is 214 g/mol. The van der Waals surface area contributed by atoms with Crippen LogP contribution in [0.15, 0.2) is 12.3 Å². The minimum absolute atomic E-state index is 0.384. The second-order valence-electron chi connectivity index (χ2n) is 5.39. The summed E-state index contributed by atoms with van der Waals surface area (Å²) >= 11 is 0. The Balaban J connectivity index is 2.02. The zero-order valence-corrected chi connectivity index (χ0v) is 10.8. The van der Waals surface area contributed by atoms with E-state index >= 15 is 0 Å². The highest BCUT2D eigenvalue weighted by Gasteiger charge is 2.29. The Hall–Kier alpha value is -0.870. The smallest absolute Gasteiger partial charge is 0.0716 e. The number of aliphatic hydroxyl groups is 1. The number of hydrogen-bond acceptors (Lipinski definition) is 3. The summed E-state index contributed by atoms with van der Waals surface area (Å²) in [6.07, 6.45) is 5.41. The molecule has 2 heterocycles. The van der Waals surface area contributed by atoms with Crippen molar-refractivity contribution in [3.63, 3.8) is 0 Å². The van der Waals surface area contributed by atoms with E-state index in [4.69, 9.17) is 0 Å². The van der Waals surface area contributed by atoms with Crippen LogP contribution in [-0.2, 0) is 6.42 Å². The zero-order chi connectivity index (χ0) is 12.3. The van der Waals surface area contributed by atoms with Crippen molar-refractivity contribution in [2.24, 2.45) is 0 Å². The summed E-state index contributed by atoms with van der Waals surface area (Å²) in [5.74, 6) is 0. The largest absolute Gasteiger partial charge is 0.389 e. The molecule has 1 aliphatic heterocycles. The fraction of sp³-hybridized carbons (Fsp3) is 0.769. The van der Waals surface area contributed by atoms with Crippen LogP contribution in [0.3, 0.4) is 0 Å². The maximum absolute atomic E-state index is 10.6. The fourth-order valence-corrected chi connectivity index (χ4v) is 2.39. The Morgan fingerprint density at radius 2 is 2.29 bits per heavy atom. The van der Waals surface area contributed by atoms with Gasteiger partial charge in [-0.2, -0.15) is 5.10 Å². The van der Waals surface area contributed by atoms with Crippen LogP contribution in [0.25, 0.3) is 0 Å². The molecule has 2 N–H and O–H groups in total. The molecule has 1 aromatic rings. The van der Waals surface area contributed by atoms with Gasteiger partial charge < -0.3 is 10.4 Å². The molecule has 0 saturated carbocycles. The summed E-state index contributed by atoms with van der Waals surface area (Å²) in [6.45, 7) is 6.15. The Kier molecular flexibility index (Phi) is 3.84. The van der Waals surface area contributed by atoms with Gasteiger partial charge in [-0.1, -0.05) is 0 Å². The van der Waals surface area contributed by atoms with Gasteiger partial charge in [0.15, 0.2) is 0 Å². The first-order chi connectivity index (χ1) is 8.09. The molecule has 17 heavy (non-hydrogen) atoms. The third-order valence-electron chi connectivity index (χ3n) is 3.47. The molecule has 1 atom stereocenters. The van der Waals surface area contributed by atoms with Gasteiger partial charge in [-0.25, -0.2) is 0 Å². The second kappa shape index (κ2) is 5.19. The van der Waals surface area contributed by atoms with Crippen LogP contribution in [0, 0.1) is 0 Å². The van der Waals surface area contributed by atoms with Crippen LogP contribution >= 0.6 is 0 Å². The van der Waals surface area contributed by atoms with E-state index in [1.165, 1.54) is 0 Å². The Bertz CT molecular complexity index is 351. The maximum atomic E-state index is 10.6. The first kappa shape index (κ1) is 12.6. The van der Waals surface area contributed by atoms with Crippen molar-refractivity contribution in [2.45, 2.75) is 51.2 Å². The van der Waals surface area contributed by atoms with E-state index in [-0.39, 0.29) is 0 Å². The van der Waals surface area contributed by atoms with Crippen molar-refractivity contribution < 1.29 is 5.11 Å². The lowest BCUT2D eigenvalue weighted by atomic mass is 9.90. The Morgan fingerprint density at radius 1 is 1.47 bits per heavy atom. The van der Waals surface area contributed by atoms with Crippen molar-refractivity contribution in [3.05, 3.63) is 18.0 Å². The highest BCUT2D eigenvalue weighted by Crippen LogP contribution is 2.23. The number of nitrogens with zero attached hydrogens (tertiary/aromatic N) is 2. The standard InChI is InChI=1S/C13H23N3O/c1-11(2)16-9-4-12(15-16)10-13(17)5-3-7-14-8-6-13/h4,9,11,14,17H,3,5-8,10H2,1-2H3. The third-order valence-corrected chi connectivity index (χ3v) is 3.47. The Morgan fingerprint density at radius 3 is 3.00 bits per heavy atom. The van der Waals surface area contributed by atoms with Gasteiger partial charge >= 0.3 is 0 Å². The molecule has 4 nitrogen and oxygen atoms in total. The minimum atomic E-state index is -0.570. The van der Waals surface area contributed by atoms with Crippen LogP contribution in [-0.4, -0.2) is 33.6 Å². The third kappa shape index (κ3) is 3.30. The molecule has 0 aliphatic carbocycles. The molecular formula is C13H23N3O. The van der Waals surface area contributed by atoms with Gasteiger partial charge in [-0.05, 0) is 52.3 Å². The van der Waals surface area contributed by atoms with Crippen molar-refractivity contribution in [1.29, 1.82) is 0 Å². The lowest BCUT2D eigenvalue weighted by Gasteiger charge is -2.25. The molecule has 1 fully saturated rings. The van der Waals surface area contributed by atoms with Crippen LogP contribution in [0.4, 0.5) is 0 Å². The van der Waals surface area contributed by atoms with Gasteiger partial charge in [0.05, 0.1) is 11.3 Å². The van der Waals surface area contributed by atoms with E-state index in [0.29, 0.717) is 12.5 Å². The number of rotatable bonds is 3. The number of aromatic nitrogens is 2. The molecule has 0 spiro atoms. The number of hydrogen-bond donors (Lipinski definition) is 2. The second-order valence-corrected chi connectivity index (χ2v) is 5.39. The van der Waals surface area contributed by atoms with E-state index in [1.807, 2.05) is 16.9 Å². The van der Waals surface area contributed by atoms with Crippen LogP contribution < -0.4 is 5.32 Å². The highest BCUT2D eigenvalue weighted by molar-refractivity contribution is 5.05. The van der Waals surface area contributed by atoms with Gasteiger partial charge in [-0.3, -0.25) is 4.68 Å². The predicted octanol–water partition coefficient (Wildman–Crippen LogP) is 1.51. The van der Waals surface area contributed by atoms with Crippen LogP contribution in [0.1, 0.15) is 44.8 Å². The van der Waals surface area contributed by atoms with E-state index in [9.17, 15) is 5.11 Å². The molecule has 4 heteroatoms. The summed E-state index contributed by atoms with van der Waals surface area (Å²) in [6, 6.07) is 2.41. The van der Waals surface area contributed by atoms with Crippen molar-refractivity contribution in [3.8, 4) is 0 Å². The summed E-state index contributed by atoms with van der Waals surface area (Å²) in [4.78, 5) is 0. The van der Waals surface area contributed by atoms with Gasteiger partial charge in [0, 0.05) is 18.7 Å². The van der Waals surface area contributed by atoms with E-state index < -0.39 is 5.60 Å². The molecule has 96 valence electrons. The van der Waals surface area contributed by atoms with Crippen molar-refractivity contribution >= 4 is 0 Å². The lowest BCUT2D eigenvalue weighted by Crippen LogP contribution is -2.32. The average molecular weight is 237 g/mol. The quantitative estimate of drug-likeness (QED) is 0.838. The average Bonchev–Trinajstić information content (AvgIpc) is 2.61. The first-order valence-electron chi connectivity index (χ1n) is 6.56. The van der Waals surface area contributed by atoms with Crippen molar-refractivity contribution in [1.82, 2.24) is 15.1 Å². The summed E-state index contributed by atoms with van der Waals surface area (Å²) in [7, 11) is 0. The Labute approximate surface area is 103 Å². The van der Waals surface area contributed by atoms with E-state index in [0.717, 1.165) is 38.0 Å². The molecule has 0 aromatic carbocycles. The molecule has 0 amide bonds. The zero-order valence-electron chi connectivity index (χ0n) is 10.8. The lowest BCUT2D eigenvalue weighted by molar-refractivity contribution is 0.0274. The normalized spacial score (nSPS) is 26.1. The summed E-state index contributed by atoms with van der Waals surface area (Å²) < 4.78 is 1.95. The van der Waals surface area contributed by atoms with Gasteiger partial charge in [0.25, 0.3) is 0 Å². The molecule has 1 aromatic heterocycles. The predicted molar refractivity (Wildman–Crippen MR) is 68.0 cm³/mol. The van der Waals surface area contributed by atoms with E-state index in [2.05, 4.69) is 24.3 Å². The molecule has 0 bridgehead atoms. The van der Waals surface area contributed by atoms with Crippen LogP contribution in [0.2, 0.25) is 0 Å². The van der Waals surface area contributed by atoms with Crippen LogP contribution in [0.5, 0.6) is 0 Å². The maximum Gasteiger partial charge on any atom is 0.0716 e. The molecule has 0 radical (unpaired) electrons. The summed E-state index contributed by atoms with van der Waals surface area (Å²) in [5, 5.41) is 18.4.